The van der Waals surface area contributed by atoms with Crippen molar-refractivity contribution in [3.63, 3.8) is 0 Å². The zero-order valence-corrected chi connectivity index (χ0v) is 11.9. The highest BCUT2D eigenvalue weighted by Gasteiger charge is 2.18. The van der Waals surface area contributed by atoms with Gasteiger partial charge < -0.3 is 10.8 Å². The standard InChI is InChI=1S/C18H19NO2/c19-18(21)17-11-9-15(10-12-17)4-2-1-3-14-5-7-16(13-20)8-6-14/h9-12,14,16,20H,5-8,13H2,(H2,19,21). The molecule has 1 aromatic rings. The van der Waals surface area contributed by atoms with Gasteiger partial charge in [0.2, 0.25) is 5.91 Å². The number of aliphatic hydroxyl groups is 1. The first-order valence-electron chi connectivity index (χ1n) is 7.21. The minimum Gasteiger partial charge on any atom is -0.396 e. The number of carbonyl (C=O) groups is 1. The van der Waals surface area contributed by atoms with Crippen LogP contribution in [0.1, 0.15) is 41.6 Å². The van der Waals surface area contributed by atoms with Crippen LogP contribution >= 0.6 is 0 Å². The minimum absolute atomic E-state index is 0.293. The summed E-state index contributed by atoms with van der Waals surface area (Å²) in [7, 11) is 0. The first kappa shape index (κ1) is 15.2. The lowest BCUT2D eigenvalue weighted by Gasteiger charge is -2.23. The number of hydrogen-bond donors (Lipinski definition) is 2. The Labute approximate surface area is 125 Å². The van der Waals surface area contributed by atoms with Gasteiger partial charge in [0.25, 0.3) is 0 Å². The van der Waals surface area contributed by atoms with Crippen LogP contribution in [0.4, 0.5) is 0 Å². The van der Waals surface area contributed by atoms with Gasteiger partial charge in [0.1, 0.15) is 0 Å². The van der Waals surface area contributed by atoms with Gasteiger partial charge in [0.15, 0.2) is 0 Å². The van der Waals surface area contributed by atoms with Crippen LogP contribution in [0.5, 0.6) is 0 Å². The molecule has 1 aromatic carbocycles. The van der Waals surface area contributed by atoms with E-state index in [4.69, 9.17) is 10.8 Å². The minimum atomic E-state index is -0.437. The molecule has 0 bridgehead atoms. The predicted octanol–water partition coefficient (Wildman–Crippen LogP) is 1.94. The summed E-state index contributed by atoms with van der Waals surface area (Å²) in [5, 5.41) is 9.08. The average Bonchev–Trinajstić information content (AvgIpc) is 2.52. The second-order valence-electron chi connectivity index (χ2n) is 5.36. The summed E-state index contributed by atoms with van der Waals surface area (Å²) in [6, 6.07) is 6.86. The summed E-state index contributed by atoms with van der Waals surface area (Å²) in [6.45, 7) is 0.293. The third-order valence-corrected chi connectivity index (χ3v) is 3.82. The molecule has 0 aromatic heterocycles. The third kappa shape index (κ3) is 4.67. The maximum Gasteiger partial charge on any atom is 0.248 e. The van der Waals surface area contributed by atoms with Crippen LogP contribution in [0.2, 0.25) is 0 Å². The Morgan fingerprint density at radius 3 is 2.38 bits per heavy atom. The van der Waals surface area contributed by atoms with E-state index in [9.17, 15) is 4.79 Å². The van der Waals surface area contributed by atoms with Gasteiger partial charge in [-0.1, -0.05) is 11.8 Å². The Bertz CT molecular complexity index is 603. The van der Waals surface area contributed by atoms with Crippen LogP contribution < -0.4 is 5.73 Å². The van der Waals surface area contributed by atoms with E-state index < -0.39 is 5.91 Å². The molecule has 21 heavy (non-hydrogen) atoms. The van der Waals surface area contributed by atoms with E-state index in [1.807, 2.05) is 0 Å². The van der Waals surface area contributed by atoms with E-state index in [0.717, 1.165) is 31.2 Å². The molecule has 0 saturated heterocycles. The van der Waals surface area contributed by atoms with Crippen LogP contribution in [0.15, 0.2) is 24.3 Å². The maximum absolute atomic E-state index is 10.9. The smallest absolute Gasteiger partial charge is 0.248 e. The summed E-state index contributed by atoms with van der Waals surface area (Å²) >= 11 is 0. The van der Waals surface area contributed by atoms with Gasteiger partial charge in [-0.05, 0) is 67.7 Å². The zero-order chi connectivity index (χ0) is 15.1. The number of aliphatic hydroxyl groups excluding tert-OH is 1. The van der Waals surface area contributed by atoms with Crippen LogP contribution in [0, 0.1) is 35.5 Å². The molecule has 3 heteroatoms. The molecular weight excluding hydrogens is 262 g/mol. The number of amides is 1. The Hall–Kier alpha value is -2.23. The number of nitrogens with two attached hydrogens (primary N) is 1. The summed E-state index contributed by atoms with van der Waals surface area (Å²) in [5.41, 5.74) is 6.47. The second-order valence-corrected chi connectivity index (χ2v) is 5.36. The fourth-order valence-electron chi connectivity index (χ4n) is 2.45. The van der Waals surface area contributed by atoms with Crippen molar-refractivity contribution < 1.29 is 9.90 Å². The Kier molecular flexibility index (Phi) is 5.43. The molecule has 0 spiro atoms. The zero-order valence-electron chi connectivity index (χ0n) is 11.9. The van der Waals surface area contributed by atoms with E-state index in [0.29, 0.717) is 24.0 Å². The molecule has 1 saturated carbocycles. The van der Waals surface area contributed by atoms with Crippen LogP contribution in [0.3, 0.4) is 0 Å². The van der Waals surface area contributed by atoms with E-state index in [2.05, 4.69) is 23.7 Å². The monoisotopic (exact) mass is 281 g/mol. The Morgan fingerprint density at radius 1 is 1.14 bits per heavy atom. The topological polar surface area (TPSA) is 63.3 Å². The fourth-order valence-corrected chi connectivity index (χ4v) is 2.45. The number of rotatable bonds is 2. The Balaban J connectivity index is 1.89. The molecular formula is C18H19NO2. The molecule has 0 heterocycles. The van der Waals surface area contributed by atoms with Crippen molar-refractivity contribution in [2.75, 3.05) is 6.61 Å². The van der Waals surface area contributed by atoms with Gasteiger partial charge in [-0.3, -0.25) is 4.79 Å². The number of benzene rings is 1. The van der Waals surface area contributed by atoms with Crippen molar-refractivity contribution >= 4 is 5.91 Å². The molecule has 2 rings (SSSR count). The molecule has 0 aliphatic heterocycles. The lowest BCUT2D eigenvalue weighted by molar-refractivity contribution is 0.100. The van der Waals surface area contributed by atoms with Gasteiger partial charge in [-0.25, -0.2) is 0 Å². The molecule has 1 aliphatic carbocycles. The number of carbonyl (C=O) groups excluding carboxylic acids is 1. The first-order chi connectivity index (χ1) is 10.2. The lowest BCUT2D eigenvalue weighted by Crippen LogP contribution is -2.16. The van der Waals surface area contributed by atoms with Gasteiger partial charge in [-0.15, -0.1) is 0 Å². The van der Waals surface area contributed by atoms with Gasteiger partial charge in [0.05, 0.1) is 0 Å². The summed E-state index contributed by atoms with van der Waals surface area (Å²) in [4.78, 5) is 10.9. The highest BCUT2D eigenvalue weighted by atomic mass is 16.3. The molecule has 3 nitrogen and oxygen atoms in total. The maximum atomic E-state index is 10.9. The fraction of sp³-hybridized carbons (Fsp3) is 0.389. The van der Waals surface area contributed by atoms with Crippen molar-refractivity contribution in [2.24, 2.45) is 17.6 Å². The van der Waals surface area contributed by atoms with E-state index in [1.165, 1.54) is 0 Å². The SMILES string of the molecule is NC(=O)c1ccc(C#CC#CC2CCC(CO)CC2)cc1. The number of hydrogen-bond acceptors (Lipinski definition) is 2. The van der Waals surface area contributed by atoms with Crippen molar-refractivity contribution in [3.8, 4) is 23.7 Å². The summed E-state index contributed by atoms with van der Waals surface area (Å²) in [5.74, 6) is 12.3. The molecule has 0 unspecified atom stereocenters. The van der Waals surface area contributed by atoms with E-state index in [1.54, 1.807) is 24.3 Å². The van der Waals surface area contributed by atoms with Crippen molar-refractivity contribution in [1.82, 2.24) is 0 Å². The van der Waals surface area contributed by atoms with E-state index >= 15 is 0 Å². The number of primary amides is 1. The average molecular weight is 281 g/mol. The Morgan fingerprint density at radius 2 is 1.81 bits per heavy atom. The van der Waals surface area contributed by atoms with Crippen LogP contribution in [-0.4, -0.2) is 17.6 Å². The largest absolute Gasteiger partial charge is 0.396 e. The molecule has 3 N–H and O–H groups in total. The van der Waals surface area contributed by atoms with Gasteiger partial charge >= 0.3 is 0 Å². The van der Waals surface area contributed by atoms with Gasteiger partial charge in [0, 0.05) is 23.7 Å². The highest BCUT2D eigenvalue weighted by Crippen LogP contribution is 2.27. The van der Waals surface area contributed by atoms with Crippen molar-refractivity contribution in [1.29, 1.82) is 0 Å². The molecule has 1 aliphatic rings. The van der Waals surface area contributed by atoms with Crippen LogP contribution in [-0.2, 0) is 0 Å². The molecule has 108 valence electrons. The molecule has 0 atom stereocenters. The molecule has 1 amide bonds. The molecule has 0 radical (unpaired) electrons. The van der Waals surface area contributed by atoms with Crippen molar-refractivity contribution in [3.05, 3.63) is 35.4 Å². The van der Waals surface area contributed by atoms with Crippen molar-refractivity contribution in [2.45, 2.75) is 25.7 Å². The molecule has 1 fully saturated rings. The predicted molar refractivity (Wildman–Crippen MR) is 82.1 cm³/mol. The highest BCUT2D eigenvalue weighted by molar-refractivity contribution is 5.92. The van der Waals surface area contributed by atoms with E-state index in [-0.39, 0.29) is 0 Å². The first-order valence-corrected chi connectivity index (χ1v) is 7.21. The normalized spacial score (nSPS) is 20.6. The van der Waals surface area contributed by atoms with Crippen LogP contribution in [0.25, 0.3) is 0 Å². The quantitative estimate of drug-likeness (QED) is 0.814. The lowest BCUT2D eigenvalue weighted by atomic mass is 9.83. The summed E-state index contributed by atoms with van der Waals surface area (Å²) < 4.78 is 0. The second kappa shape index (κ2) is 7.53. The third-order valence-electron chi connectivity index (χ3n) is 3.82. The van der Waals surface area contributed by atoms with Gasteiger partial charge in [-0.2, -0.15) is 0 Å². The summed E-state index contributed by atoms with van der Waals surface area (Å²) in [6.07, 6.45) is 4.20.